The number of nitrogens with zero attached hydrogens (tertiary/aromatic N) is 2. The lowest BCUT2D eigenvalue weighted by Crippen LogP contribution is -2.52. The molecule has 1 amide bonds. The zero-order valence-electron chi connectivity index (χ0n) is 18.1. The molecule has 0 aliphatic carbocycles. The number of halogens is 1. The molecule has 0 aromatic heterocycles. The summed E-state index contributed by atoms with van der Waals surface area (Å²) in [5, 5.41) is 0. The number of carbonyl (C=O) groups is 1. The van der Waals surface area contributed by atoms with Crippen LogP contribution >= 0.6 is 0 Å². The van der Waals surface area contributed by atoms with Crippen LogP contribution in [0, 0.1) is 5.82 Å². The van der Waals surface area contributed by atoms with Crippen LogP contribution in [0.4, 0.5) is 4.39 Å². The van der Waals surface area contributed by atoms with Crippen molar-refractivity contribution in [3.63, 3.8) is 0 Å². The fourth-order valence-corrected chi connectivity index (χ4v) is 5.05. The molecule has 0 bridgehead atoms. The Morgan fingerprint density at radius 2 is 1.33 bits per heavy atom. The van der Waals surface area contributed by atoms with Gasteiger partial charge in [-0.15, -0.1) is 0 Å². The first kappa shape index (κ1) is 23.1. The van der Waals surface area contributed by atoms with E-state index in [1.54, 1.807) is 4.90 Å². The van der Waals surface area contributed by atoms with Gasteiger partial charge in [0.2, 0.25) is 15.9 Å². The Hall–Kier alpha value is -3.07. The molecular formula is C25H26FN3O3S. The molecule has 0 radical (unpaired) electrons. The number of rotatable bonds is 7. The summed E-state index contributed by atoms with van der Waals surface area (Å²) in [4.78, 5) is 16.6. The first-order chi connectivity index (χ1) is 15.9. The summed E-state index contributed by atoms with van der Waals surface area (Å²) in [6, 6.07) is 25.1. The zero-order valence-corrected chi connectivity index (χ0v) is 18.9. The van der Waals surface area contributed by atoms with Gasteiger partial charge in [0.15, 0.2) is 0 Å². The van der Waals surface area contributed by atoms with Gasteiger partial charge in [0, 0.05) is 26.2 Å². The van der Waals surface area contributed by atoms with Crippen molar-refractivity contribution in [2.45, 2.75) is 10.9 Å². The van der Waals surface area contributed by atoms with Gasteiger partial charge in [-0.05, 0) is 35.4 Å². The van der Waals surface area contributed by atoms with Gasteiger partial charge < -0.3 is 4.90 Å². The van der Waals surface area contributed by atoms with Crippen LogP contribution in [0.25, 0.3) is 0 Å². The van der Waals surface area contributed by atoms with Crippen LogP contribution in [-0.4, -0.2) is 56.8 Å². The molecule has 3 aromatic rings. The molecule has 1 saturated heterocycles. The molecule has 1 aliphatic heterocycles. The van der Waals surface area contributed by atoms with Crippen LogP contribution < -0.4 is 4.72 Å². The molecule has 0 unspecified atom stereocenters. The van der Waals surface area contributed by atoms with E-state index in [0.29, 0.717) is 26.2 Å². The molecule has 4 rings (SSSR count). The fraction of sp³-hybridized carbons (Fsp3) is 0.240. The van der Waals surface area contributed by atoms with E-state index in [0.717, 1.165) is 12.1 Å². The third-order valence-electron chi connectivity index (χ3n) is 5.80. The number of carbonyl (C=O) groups excluding carboxylic acids is 1. The Morgan fingerprint density at radius 1 is 0.818 bits per heavy atom. The Labute approximate surface area is 193 Å². The van der Waals surface area contributed by atoms with Crippen molar-refractivity contribution in [3.05, 3.63) is 102 Å². The topological polar surface area (TPSA) is 69.7 Å². The largest absolute Gasteiger partial charge is 0.339 e. The van der Waals surface area contributed by atoms with Crippen molar-refractivity contribution in [1.29, 1.82) is 0 Å². The second-order valence-corrected chi connectivity index (χ2v) is 9.69. The first-order valence-corrected chi connectivity index (χ1v) is 12.3. The highest BCUT2D eigenvalue weighted by atomic mass is 32.2. The SMILES string of the molecule is O=C(CNS(=O)(=O)c1ccc(F)cc1)N1CCN(C(c2ccccc2)c2ccccc2)CC1. The number of nitrogens with one attached hydrogen (secondary N) is 1. The molecule has 0 spiro atoms. The van der Waals surface area contributed by atoms with Crippen LogP contribution in [0.2, 0.25) is 0 Å². The molecule has 0 saturated carbocycles. The van der Waals surface area contributed by atoms with Gasteiger partial charge in [0.05, 0.1) is 17.5 Å². The van der Waals surface area contributed by atoms with Crippen LogP contribution in [0.5, 0.6) is 0 Å². The lowest BCUT2D eigenvalue weighted by molar-refractivity contribution is -0.131. The van der Waals surface area contributed by atoms with E-state index in [-0.39, 0.29) is 23.4 Å². The van der Waals surface area contributed by atoms with E-state index in [2.05, 4.69) is 33.9 Å². The maximum atomic E-state index is 13.1. The number of benzene rings is 3. The normalized spacial score (nSPS) is 15.0. The molecule has 33 heavy (non-hydrogen) atoms. The molecular weight excluding hydrogens is 441 g/mol. The number of hydrogen-bond acceptors (Lipinski definition) is 4. The van der Waals surface area contributed by atoms with Gasteiger partial charge in [-0.2, -0.15) is 0 Å². The minimum Gasteiger partial charge on any atom is -0.339 e. The number of piperazine rings is 1. The Kier molecular flexibility index (Phi) is 7.17. The van der Waals surface area contributed by atoms with E-state index in [1.165, 1.54) is 23.3 Å². The molecule has 1 aliphatic rings. The lowest BCUT2D eigenvalue weighted by atomic mass is 9.96. The van der Waals surface area contributed by atoms with Crippen LogP contribution in [0.15, 0.2) is 89.8 Å². The van der Waals surface area contributed by atoms with Gasteiger partial charge in [-0.25, -0.2) is 17.5 Å². The molecule has 172 valence electrons. The summed E-state index contributed by atoms with van der Waals surface area (Å²) in [5.74, 6) is -0.802. The minimum absolute atomic E-state index is 0.0740. The average molecular weight is 468 g/mol. The quantitative estimate of drug-likeness (QED) is 0.580. The van der Waals surface area contributed by atoms with Crippen LogP contribution in [-0.2, 0) is 14.8 Å². The predicted molar refractivity (Wildman–Crippen MR) is 124 cm³/mol. The van der Waals surface area contributed by atoms with Crippen LogP contribution in [0.1, 0.15) is 17.2 Å². The average Bonchev–Trinajstić information content (AvgIpc) is 2.85. The van der Waals surface area contributed by atoms with Crippen molar-refractivity contribution in [1.82, 2.24) is 14.5 Å². The molecule has 1 heterocycles. The summed E-state index contributed by atoms with van der Waals surface area (Å²) in [6.45, 7) is 2.02. The van der Waals surface area contributed by atoms with E-state index in [9.17, 15) is 17.6 Å². The maximum absolute atomic E-state index is 13.1. The summed E-state index contributed by atoms with van der Waals surface area (Å²) in [6.07, 6.45) is 0. The first-order valence-electron chi connectivity index (χ1n) is 10.8. The van der Waals surface area contributed by atoms with Gasteiger partial charge in [-0.1, -0.05) is 60.7 Å². The third kappa shape index (κ3) is 5.65. The smallest absolute Gasteiger partial charge is 0.241 e. The van der Waals surface area contributed by atoms with E-state index >= 15 is 0 Å². The summed E-state index contributed by atoms with van der Waals surface area (Å²) in [5.41, 5.74) is 2.38. The van der Waals surface area contributed by atoms with Crippen molar-refractivity contribution in [3.8, 4) is 0 Å². The summed E-state index contributed by atoms with van der Waals surface area (Å²) >= 11 is 0. The van der Waals surface area contributed by atoms with Gasteiger partial charge >= 0.3 is 0 Å². The molecule has 1 fully saturated rings. The van der Waals surface area contributed by atoms with Crippen molar-refractivity contribution < 1.29 is 17.6 Å². The number of amides is 1. The second kappa shape index (κ2) is 10.2. The predicted octanol–water partition coefficient (Wildman–Crippen LogP) is 3.04. The monoisotopic (exact) mass is 467 g/mol. The standard InChI is InChI=1S/C25H26FN3O3S/c26-22-11-13-23(14-12-22)33(31,32)27-19-24(30)28-15-17-29(18-16-28)25(20-7-3-1-4-8-20)21-9-5-2-6-10-21/h1-14,25,27H,15-19H2. The maximum Gasteiger partial charge on any atom is 0.241 e. The van der Waals surface area contributed by atoms with Crippen molar-refractivity contribution in [2.75, 3.05) is 32.7 Å². The zero-order chi connectivity index (χ0) is 23.3. The van der Waals surface area contributed by atoms with Crippen molar-refractivity contribution >= 4 is 15.9 Å². The Balaban J connectivity index is 1.38. The molecule has 1 N–H and O–H groups in total. The highest BCUT2D eigenvalue weighted by molar-refractivity contribution is 7.89. The molecule has 0 atom stereocenters. The third-order valence-corrected chi connectivity index (χ3v) is 7.22. The van der Waals surface area contributed by atoms with Gasteiger partial charge in [0.1, 0.15) is 5.82 Å². The summed E-state index contributed by atoms with van der Waals surface area (Å²) < 4.78 is 40.1. The second-order valence-electron chi connectivity index (χ2n) is 7.92. The number of hydrogen-bond donors (Lipinski definition) is 1. The minimum atomic E-state index is -3.88. The molecule has 3 aromatic carbocycles. The lowest BCUT2D eigenvalue weighted by Gasteiger charge is -2.39. The molecule has 8 heteroatoms. The summed E-state index contributed by atoms with van der Waals surface area (Å²) in [7, 11) is -3.88. The molecule has 6 nitrogen and oxygen atoms in total. The fourth-order valence-electron chi connectivity index (χ4n) is 4.08. The highest BCUT2D eigenvalue weighted by Crippen LogP contribution is 2.29. The highest BCUT2D eigenvalue weighted by Gasteiger charge is 2.28. The van der Waals surface area contributed by atoms with Crippen molar-refractivity contribution in [2.24, 2.45) is 0 Å². The van der Waals surface area contributed by atoms with Gasteiger partial charge in [0.25, 0.3) is 0 Å². The van der Waals surface area contributed by atoms with E-state index in [4.69, 9.17) is 0 Å². The number of sulfonamides is 1. The van der Waals surface area contributed by atoms with E-state index in [1.807, 2.05) is 36.4 Å². The van der Waals surface area contributed by atoms with Gasteiger partial charge in [-0.3, -0.25) is 9.69 Å². The Bertz CT molecular complexity index is 1130. The Morgan fingerprint density at radius 3 is 1.85 bits per heavy atom. The van der Waals surface area contributed by atoms with Crippen LogP contribution in [0.3, 0.4) is 0 Å². The van der Waals surface area contributed by atoms with E-state index < -0.39 is 15.8 Å².